The number of hydrogen-bond donors (Lipinski definition) is 0. The standard InChI is InChI=1S/C17H14N4O4S.Na/c1-9-15-11(7-13(22)20(9)8-14(23)25-2)19-21(16(15)24)17-18-10-5-3-4-6-12(10)26-17;/h3-7,22H,8H2,1-2H3;/q;+1/p-1. The topological polar surface area (TPSA) is 102 Å². The number of pyridine rings is 1. The van der Waals surface area contributed by atoms with Crippen LogP contribution in [0.2, 0.25) is 0 Å². The molecule has 0 saturated carbocycles. The van der Waals surface area contributed by atoms with Gasteiger partial charge in [0.05, 0.1) is 28.6 Å². The maximum Gasteiger partial charge on any atom is 1.00 e. The fraction of sp³-hybridized carbons (Fsp3) is 0.176. The summed E-state index contributed by atoms with van der Waals surface area (Å²) in [7, 11) is 1.24. The van der Waals surface area contributed by atoms with Gasteiger partial charge in [0, 0.05) is 5.69 Å². The molecule has 1 aromatic carbocycles. The number of aromatic nitrogens is 4. The molecule has 27 heavy (non-hydrogen) atoms. The Balaban J connectivity index is 0.00000210. The third-order valence-corrected chi connectivity index (χ3v) is 5.15. The molecule has 0 unspecified atom stereocenters. The van der Waals surface area contributed by atoms with Gasteiger partial charge in [0.25, 0.3) is 5.56 Å². The Kier molecular flexibility index (Phi) is 5.38. The van der Waals surface area contributed by atoms with E-state index in [0.29, 0.717) is 10.8 Å². The quantitative estimate of drug-likeness (QED) is 0.305. The predicted molar refractivity (Wildman–Crippen MR) is 93.8 cm³/mol. The fourth-order valence-electron chi connectivity index (χ4n) is 2.83. The van der Waals surface area contributed by atoms with Crippen LogP contribution in [0.25, 0.3) is 26.6 Å². The first kappa shape index (κ1) is 19.6. The van der Waals surface area contributed by atoms with Crippen LogP contribution >= 0.6 is 11.3 Å². The van der Waals surface area contributed by atoms with Gasteiger partial charge in [-0.3, -0.25) is 9.59 Å². The summed E-state index contributed by atoms with van der Waals surface area (Å²) in [5, 5.41) is 17.0. The Morgan fingerprint density at radius 2 is 2.07 bits per heavy atom. The van der Waals surface area contributed by atoms with E-state index in [9.17, 15) is 14.7 Å². The van der Waals surface area contributed by atoms with Crippen LogP contribution in [0.4, 0.5) is 0 Å². The molecule has 0 radical (unpaired) electrons. The summed E-state index contributed by atoms with van der Waals surface area (Å²) in [6.45, 7) is 1.35. The summed E-state index contributed by atoms with van der Waals surface area (Å²) in [5.74, 6) is -0.991. The van der Waals surface area contributed by atoms with Crippen LogP contribution in [0.1, 0.15) is 5.69 Å². The van der Waals surface area contributed by atoms with Crippen molar-refractivity contribution in [2.45, 2.75) is 13.5 Å². The number of ether oxygens (including phenoxy) is 1. The molecule has 0 fully saturated rings. The maximum absolute atomic E-state index is 12.9. The number of nitrogens with zero attached hydrogens (tertiary/aromatic N) is 4. The molecule has 132 valence electrons. The summed E-state index contributed by atoms with van der Waals surface area (Å²) in [6, 6.07) is 8.78. The largest absolute Gasteiger partial charge is 1.00 e. The number of esters is 1. The molecule has 0 aliphatic carbocycles. The number of fused-ring (bicyclic) bond motifs is 2. The van der Waals surface area contributed by atoms with Gasteiger partial charge in [-0.25, -0.2) is 4.98 Å². The summed E-state index contributed by atoms with van der Waals surface area (Å²) >= 11 is 1.34. The second kappa shape index (κ2) is 7.43. The van der Waals surface area contributed by atoms with Gasteiger partial charge < -0.3 is 14.4 Å². The van der Waals surface area contributed by atoms with Gasteiger partial charge >= 0.3 is 35.5 Å². The Labute approximate surface area is 179 Å². The number of carbonyl (C=O) groups is 1. The third kappa shape index (κ3) is 3.27. The number of thiazole rings is 1. The van der Waals surface area contributed by atoms with E-state index in [1.807, 2.05) is 24.3 Å². The van der Waals surface area contributed by atoms with E-state index in [0.717, 1.165) is 10.2 Å². The first-order chi connectivity index (χ1) is 12.5. The number of benzene rings is 1. The van der Waals surface area contributed by atoms with Crippen LogP contribution < -0.4 is 40.2 Å². The normalized spacial score (nSPS) is 10.9. The van der Waals surface area contributed by atoms with Crippen LogP contribution in [0.15, 0.2) is 35.1 Å². The zero-order chi connectivity index (χ0) is 18.4. The minimum Gasteiger partial charge on any atom is -0.860 e. The van der Waals surface area contributed by atoms with Crippen molar-refractivity contribution in [2.24, 2.45) is 0 Å². The van der Waals surface area contributed by atoms with Gasteiger partial charge in [-0.1, -0.05) is 23.5 Å². The molecule has 0 spiro atoms. The Morgan fingerprint density at radius 1 is 1.33 bits per heavy atom. The second-order valence-electron chi connectivity index (χ2n) is 5.67. The predicted octanol–water partition coefficient (Wildman–Crippen LogP) is -1.69. The average Bonchev–Trinajstić information content (AvgIpc) is 3.19. The minimum absolute atomic E-state index is 0. The van der Waals surface area contributed by atoms with E-state index in [4.69, 9.17) is 0 Å². The van der Waals surface area contributed by atoms with Gasteiger partial charge in [-0.2, -0.15) is 9.78 Å². The van der Waals surface area contributed by atoms with E-state index in [-0.39, 0.29) is 52.9 Å². The first-order valence-electron chi connectivity index (χ1n) is 7.72. The van der Waals surface area contributed by atoms with Crippen molar-refractivity contribution in [3.8, 4) is 22.3 Å². The van der Waals surface area contributed by atoms with E-state index in [2.05, 4.69) is 14.8 Å². The molecule has 8 nitrogen and oxygen atoms in total. The van der Waals surface area contributed by atoms with Crippen molar-refractivity contribution >= 4 is 27.5 Å². The van der Waals surface area contributed by atoms with E-state index in [1.165, 1.54) is 33.8 Å². The van der Waals surface area contributed by atoms with E-state index >= 15 is 0 Å². The van der Waals surface area contributed by atoms with Crippen molar-refractivity contribution in [3.63, 3.8) is 0 Å². The molecule has 0 atom stereocenters. The fourth-order valence-corrected chi connectivity index (χ4v) is 3.74. The molecule has 10 heteroatoms. The third-order valence-electron chi connectivity index (χ3n) is 4.14. The van der Waals surface area contributed by atoms with Crippen molar-refractivity contribution in [1.29, 1.82) is 0 Å². The number of hydrogen-bond acceptors (Lipinski definition) is 7. The molecule has 2 aliphatic heterocycles. The number of carbonyl (C=O) groups excluding carboxylic acids is 1. The zero-order valence-electron chi connectivity index (χ0n) is 14.9. The summed E-state index contributed by atoms with van der Waals surface area (Å²) in [4.78, 5) is 28.9. The van der Waals surface area contributed by atoms with Gasteiger partial charge in [0.15, 0.2) is 0 Å². The number of rotatable bonds is 3. The smallest absolute Gasteiger partial charge is 0.860 e. The molecular formula is C17H13N4NaO4S. The monoisotopic (exact) mass is 392 g/mol. The Bertz CT molecular complexity index is 1150. The summed E-state index contributed by atoms with van der Waals surface area (Å²) in [5.41, 5.74) is 1.32. The molecule has 0 saturated heterocycles. The SMILES string of the molecule is COC(=O)Cn1c([O-])cc2nn(-c3nc4ccccc4s3)c(=O)c-2c1C.[Na+]. The van der Waals surface area contributed by atoms with Crippen LogP contribution in [0, 0.1) is 6.92 Å². The van der Waals surface area contributed by atoms with Crippen LogP contribution in [-0.4, -0.2) is 32.4 Å². The molecule has 4 rings (SSSR count). The van der Waals surface area contributed by atoms with Crippen molar-refractivity contribution in [1.82, 2.24) is 19.3 Å². The molecule has 1 aromatic heterocycles. The molecular weight excluding hydrogens is 379 g/mol. The zero-order valence-corrected chi connectivity index (χ0v) is 17.7. The second-order valence-corrected chi connectivity index (χ2v) is 6.68. The first-order valence-corrected chi connectivity index (χ1v) is 8.54. The molecule has 0 amide bonds. The molecule has 2 aromatic rings. The van der Waals surface area contributed by atoms with E-state index < -0.39 is 11.8 Å². The van der Waals surface area contributed by atoms with Gasteiger partial charge in [0.2, 0.25) is 5.13 Å². The van der Waals surface area contributed by atoms with Crippen molar-refractivity contribution in [3.05, 3.63) is 46.4 Å². The molecule has 0 bridgehead atoms. The number of para-hydroxylation sites is 1. The Morgan fingerprint density at radius 3 is 2.78 bits per heavy atom. The number of methoxy groups -OCH3 is 1. The summed E-state index contributed by atoms with van der Waals surface area (Å²) < 4.78 is 7.95. The van der Waals surface area contributed by atoms with Gasteiger partial charge in [-0.15, -0.1) is 0 Å². The Hall–Kier alpha value is -2.20. The van der Waals surface area contributed by atoms with Gasteiger partial charge in [0.1, 0.15) is 6.54 Å². The molecule has 0 N–H and O–H groups in total. The van der Waals surface area contributed by atoms with Crippen LogP contribution in [-0.2, 0) is 16.1 Å². The van der Waals surface area contributed by atoms with E-state index in [1.54, 1.807) is 6.92 Å². The van der Waals surface area contributed by atoms with Crippen molar-refractivity contribution < 1.29 is 44.2 Å². The summed E-state index contributed by atoms with van der Waals surface area (Å²) in [6.07, 6.45) is 0. The van der Waals surface area contributed by atoms with Crippen LogP contribution in [0.5, 0.6) is 5.88 Å². The minimum atomic E-state index is -0.569. The molecule has 2 aliphatic rings. The maximum atomic E-state index is 12.9. The molecule has 3 heterocycles. The van der Waals surface area contributed by atoms with Crippen LogP contribution in [0.3, 0.4) is 0 Å². The average molecular weight is 392 g/mol. The van der Waals surface area contributed by atoms with Gasteiger partial charge in [-0.05, 0) is 31.0 Å². The van der Waals surface area contributed by atoms with Crippen molar-refractivity contribution in [2.75, 3.05) is 7.11 Å².